The number of hydrogen-bond acceptors (Lipinski definition) is 13. The molecule has 2 amide bonds. The molecule has 12 rings (SSSR count). The van der Waals surface area contributed by atoms with Crippen LogP contribution in [0.15, 0.2) is 0 Å². The molecule has 33 atom stereocenters. The van der Waals surface area contributed by atoms with E-state index in [0.29, 0.717) is 57.3 Å². The topological polar surface area (TPSA) is 310 Å². The van der Waals surface area contributed by atoms with Crippen LogP contribution in [0.2, 0.25) is 0 Å². The molecule has 598 valence electrons. The van der Waals surface area contributed by atoms with E-state index in [2.05, 4.69) is 53.0 Å². The van der Waals surface area contributed by atoms with E-state index in [4.69, 9.17) is 36.6 Å². The van der Waals surface area contributed by atoms with E-state index in [-0.39, 0.29) is 189 Å². The molecule has 104 heavy (non-hydrogen) atoms. The van der Waals surface area contributed by atoms with E-state index in [1.165, 1.54) is 0 Å². The zero-order chi connectivity index (χ0) is 91.3. The fraction of sp³-hybridized carbons (Fsp3) is 0.942. The van der Waals surface area contributed by atoms with Gasteiger partial charge in [0.15, 0.2) is 0 Å². The fourth-order valence-electron chi connectivity index (χ4n) is 26.3. The maximum absolute atomic E-state index is 12.5. The van der Waals surface area contributed by atoms with Crippen LogP contribution in [0.5, 0.6) is 0 Å². The second-order valence-electron chi connectivity index (χ2n) is 35.3. The van der Waals surface area contributed by atoms with Crippen molar-refractivity contribution in [2.45, 2.75) is 334 Å². The third-order valence-electron chi connectivity index (χ3n) is 31.2. The number of ether oxygens (including phenoxy) is 1. The van der Waals surface area contributed by atoms with Crippen molar-refractivity contribution in [2.75, 3.05) is 20.1 Å². The Morgan fingerprint density at radius 1 is 0.452 bits per heavy atom. The Hall–Kier alpha value is -1.93. The van der Waals surface area contributed by atoms with E-state index in [0.717, 1.165) is 71.3 Å². The minimum atomic E-state index is -2.93. The molecular weight excluding hydrogens is 1320 g/mol. The van der Waals surface area contributed by atoms with Gasteiger partial charge in [-0.05, 0) is 311 Å². The quantitative estimate of drug-likeness (QED) is 0.0425. The van der Waals surface area contributed by atoms with Gasteiger partial charge in [0.2, 0.25) is 11.8 Å². The monoisotopic (exact) mass is 1500 g/mol. The average molecular weight is 1500 g/mol. The molecule has 0 aromatic rings. The van der Waals surface area contributed by atoms with Gasteiger partial charge in [-0.15, -0.1) is 1.43 Å². The Kier molecular flexibility index (Phi) is 23.4. The second kappa shape index (κ2) is 37.1. The van der Waals surface area contributed by atoms with E-state index >= 15 is 0 Å². The number of carboxylic acids is 2. The van der Waals surface area contributed by atoms with Crippen molar-refractivity contribution in [3.8, 4) is 0 Å². The molecule has 17 nitrogen and oxygen atoms in total. The number of fused-ring (bicyclic) bond motifs is 15. The first-order valence-corrected chi connectivity index (χ1v) is 38.6. The number of aliphatic hydroxyl groups is 6. The number of aliphatic carboxylic acids is 2. The molecule has 18 heteroatoms. The summed E-state index contributed by atoms with van der Waals surface area (Å²) >= 11 is 0. The molecule has 12 fully saturated rings. The van der Waals surface area contributed by atoms with Gasteiger partial charge >= 0.3 is 47.5 Å². The summed E-state index contributed by atoms with van der Waals surface area (Å²) in [7, 11) is 1.06. The minimum absolute atomic E-state index is 0. The van der Waals surface area contributed by atoms with Gasteiger partial charge in [0.1, 0.15) is 13.0 Å². The summed E-state index contributed by atoms with van der Waals surface area (Å²) in [6.07, 6.45) is -13.2. The first-order chi connectivity index (χ1) is 54.7. The first-order valence-electron chi connectivity index (χ1n) is 48.5. The normalized spacial score (nSPS) is 53.5. The second-order valence-corrected chi connectivity index (χ2v) is 35.3. The maximum atomic E-state index is 12.5. The molecule has 0 aliphatic heterocycles. The molecule has 11 N–H and O–H groups in total. The van der Waals surface area contributed by atoms with Crippen LogP contribution in [-0.2, 0) is 28.7 Å². The fourth-order valence-corrected chi connectivity index (χ4v) is 26.3. The number of aliphatic hydroxyl groups excluding tert-OH is 3. The predicted molar refractivity (Wildman–Crippen MR) is 406 cm³/mol. The Balaban J connectivity index is 0.000000323. The Morgan fingerprint density at radius 3 is 1.00 bits per heavy atom. The largest absolute Gasteiger partial charge is 1.00 e. The average Bonchev–Trinajstić information content (AvgIpc) is 1.08. The number of methoxy groups -OCH3 is 1. The van der Waals surface area contributed by atoms with Gasteiger partial charge in [-0.2, -0.15) is 0 Å². The molecule has 0 bridgehead atoms. The van der Waals surface area contributed by atoms with Gasteiger partial charge in [-0.3, -0.25) is 24.0 Å². The molecule has 12 aliphatic rings. The molecule has 0 heterocycles. The number of amides is 2. The van der Waals surface area contributed by atoms with Crippen LogP contribution in [0.3, 0.4) is 0 Å². The SMILES string of the molecule is C.C.C.[2H]C([2H])(NC(=O)CC[C@@H](C)[C@H]1CCC2C3C(CC[C@@]21C)[C@@]1(C)CC([2H])([2H])[C@]([2H])(O)C([2H])([2H])[C@H]1[C@@H](CC)[C@H]3O)C(=O)O.[2H]C([2H])(NC(=O)CC[C@@H](C)[C@H]1CCC2C3C(CC[C@@]21C)[C@@]1(C)CC([2H])([2H])[C@]([2H])(O)C([2H])([2H])[C@H]1[C@@H](CC)[C@H]3O)C(=O)OC.[2H]C1([2H])C[C@]2(C)C3CC[C@@]4(C)C(CC[C@@H]4[C@H](C)CCC(=O)O)C3[C@H](O)[C@H](CC)[C@@H]2C([2H])([2H])[C@@]1([2H])O.[2H][O-].[Na+]. The van der Waals surface area contributed by atoms with Gasteiger partial charge in [-0.1, -0.05) is 125 Å². The van der Waals surface area contributed by atoms with Crippen molar-refractivity contribution in [2.24, 2.45) is 157 Å². The van der Waals surface area contributed by atoms with Gasteiger partial charge < -0.3 is 61.7 Å². The van der Waals surface area contributed by atoms with Crippen LogP contribution >= 0.6 is 0 Å². The molecule has 0 saturated heterocycles. The number of carboxylic acid groups (broad SMARTS) is 2. The molecule has 0 aromatic heterocycles. The number of nitrogens with one attached hydrogen (secondary N) is 2. The summed E-state index contributed by atoms with van der Waals surface area (Å²) in [4.78, 5) is 58.6. The molecule has 0 aromatic carbocycles. The Bertz CT molecular complexity index is 3730. The molecule has 12 saturated carbocycles. The smallest absolute Gasteiger partial charge is 0.870 e. The van der Waals surface area contributed by atoms with Crippen molar-refractivity contribution in [3.05, 3.63) is 0 Å². The molecule has 9 unspecified atom stereocenters. The number of carbonyl (C=O) groups excluding carboxylic acids is 3. The standard InChI is InChI=1S/C29H49NO5.C28H47NO5.C26H44O4.3CH4.Na.H2O/c1-6-19-23-15-18(31)11-13-29(23,4)22-12-14-28(3)20(8-9-21(28)26(22)27(19)34)17(2)7-10-24(32)30-16-25(33)35-5;1-5-18-22-14-17(30)10-12-28(22,4)21-11-13-27(3)19(7-8-20(27)25(21)26(18)34)16(2)6-9-23(31)29-15-24(32)33;1-5-17-21-14-16(27)10-12-26(21,4)20-11-13-25(3)18(15(2)6-9-22(28)29)7-8-19(25)23(20)24(17)30;;;;;/h17-23,26-27,31,34H,6-16H2,1-5H3,(H,30,32);16-22,25-26,30,34H,5-15H2,1-4H3,(H,29,31)(H,32,33);15-21,23-24,27,30H,5-14H2,1-4H3,(H,28,29);3*1H4;;1H2/q;;;;;;+1;/p-1/t17-,18+,19-,20-,21?,22?,23+,26?,27-,28-,29-;16-,17+,18-,19-,20?,21?,22+,25?,26-,27-,28-;15-,16+,17-,18-,19?,20?,21+,23?,24-,25-,26-;;;;;/m111...../s1/i11D2,15D2,16D2,18D;10D2,14D2,15D2,17D;10D2,14D2,16D;;;;;/hD. The van der Waals surface area contributed by atoms with Gasteiger partial charge in [0.05, 0.1) is 53.3 Å². The summed E-state index contributed by atoms with van der Waals surface area (Å²) in [5, 5.41) is 90.6. The van der Waals surface area contributed by atoms with E-state index in [1.54, 1.807) is 0 Å². The van der Waals surface area contributed by atoms with Crippen molar-refractivity contribution >= 4 is 29.7 Å². The van der Waals surface area contributed by atoms with Gasteiger partial charge in [-0.25, -0.2) is 0 Å². The molecule has 12 aliphatic carbocycles. The number of carbonyl (C=O) groups is 5. The summed E-state index contributed by atoms with van der Waals surface area (Å²) in [6, 6.07) is 0. The van der Waals surface area contributed by atoms with Crippen LogP contribution in [-0.4, -0.2) is 133 Å². The van der Waals surface area contributed by atoms with Crippen LogP contribution in [0.4, 0.5) is 0 Å². The predicted octanol–water partition coefficient (Wildman–Crippen LogP) is 12.4. The summed E-state index contributed by atoms with van der Waals surface area (Å²) in [5.41, 5.74) is 4.68. The first kappa shape index (κ1) is 65.6. The minimum Gasteiger partial charge on any atom is -0.870 e. The van der Waals surface area contributed by atoms with Crippen LogP contribution < -0.4 is 40.2 Å². The van der Waals surface area contributed by atoms with E-state index < -0.39 is 169 Å². The van der Waals surface area contributed by atoms with Crippen molar-refractivity contribution in [1.29, 1.82) is 0 Å². The summed E-state index contributed by atoms with van der Waals surface area (Å²) < 4.78 is 169. The third kappa shape index (κ3) is 17.3. The van der Waals surface area contributed by atoms with E-state index in [9.17, 15) is 59.7 Å². The van der Waals surface area contributed by atoms with Crippen LogP contribution in [0.25, 0.3) is 0 Å². The van der Waals surface area contributed by atoms with E-state index in [1.807, 2.05) is 46.9 Å². The van der Waals surface area contributed by atoms with Gasteiger partial charge in [0, 0.05) is 35.7 Å². The number of hydrogen-bond donors (Lipinski definition) is 10. The zero-order valence-corrected chi connectivity index (χ0v) is 65.3. The zero-order valence-electron chi connectivity index (χ0n) is 83.3. The van der Waals surface area contributed by atoms with Crippen molar-refractivity contribution in [3.63, 3.8) is 0 Å². The van der Waals surface area contributed by atoms with Crippen molar-refractivity contribution in [1.82, 2.24) is 10.6 Å². The van der Waals surface area contributed by atoms with Crippen molar-refractivity contribution < 1.29 is 132 Å². The number of esters is 1. The summed E-state index contributed by atoms with van der Waals surface area (Å²) in [5.74, 6) is -8.02. The molecular formula is C86H153N2NaO15. The third-order valence-corrected chi connectivity index (χ3v) is 31.2. The van der Waals surface area contributed by atoms with Crippen LogP contribution in [0.1, 0.15) is 325 Å². The maximum Gasteiger partial charge on any atom is 1.00 e. The van der Waals surface area contributed by atoms with Crippen LogP contribution in [0, 0.1) is 157 Å². The Labute approximate surface area is 680 Å². The molecule has 0 spiro atoms. The summed E-state index contributed by atoms with van der Waals surface area (Å²) in [6.45, 7) is 19.2. The number of rotatable bonds is 19. The molecule has 0 radical (unpaired) electrons. The van der Waals surface area contributed by atoms with Gasteiger partial charge in [0.25, 0.3) is 0 Å². The Morgan fingerprint density at radius 2 is 0.731 bits per heavy atom.